The van der Waals surface area contributed by atoms with Crippen LogP contribution in [0.2, 0.25) is 0 Å². The van der Waals surface area contributed by atoms with Gasteiger partial charge in [-0.15, -0.1) is 0 Å². The van der Waals surface area contributed by atoms with Gasteiger partial charge in [-0.3, -0.25) is 4.90 Å². The molecule has 1 aliphatic heterocycles. The highest BCUT2D eigenvalue weighted by molar-refractivity contribution is 5.90. The molecule has 2 heterocycles. The van der Waals surface area contributed by atoms with Crippen molar-refractivity contribution in [3.05, 3.63) is 54.0 Å². The molecule has 3 rings (SSSR count). The fourth-order valence-electron chi connectivity index (χ4n) is 3.23. The normalized spacial score (nSPS) is 15.4. The lowest BCUT2D eigenvalue weighted by molar-refractivity contribution is 0.189. The number of pyridine rings is 1. The fraction of sp³-hybridized carbons (Fsp3) is 0.429. The van der Waals surface area contributed by atoms with E-state index < -0.39 is 0 Å². The van der Waals surface area contributed by atoms with Gasteiger partial charge in [0.2, 0.25) is 5.88 Å². The molecule has 6 nitrogen and oxygen atoms in total. The third-order valence-electron chi connectivity index (χ3n) is 4.61. The Morgan fingerprint density at radius 2 is 1.96 bits per heavy atom. The first kappa shape index (κ1) is 20.1. The average molecular weight is 386 g/mol. The highest BCUT2D eigenvalue weighted by Crippen LogP contribution is 2.22. The minimum Gasteiger partial charge on any atom is -0.473 e. The quantitative estimate of drug-likeness (QED) is 0.793. The summed E-state index contributed by atoms with van der Waals surface area (Å²) in [6, 6.07) is 10.0. The molecule has 1 aromatic heterocycles. The molecule has 0 atom stereocenters. The van der Waals surface area contributed by atoms with Gasteiger partial charge < -0.3 is 15.4 Å². The van der Waals surface area contributed by atoms with Crippen LogP contribution in [-0.2, 0) is 6.54 Å². The summed E-state index contributed by atoms with van der Waals surface area (Å²) in [4.78, 5) is 18.9. The number of aromatic nitrogens is 1. The van der Waals surface area contributed by atoms with Gasteiger partial charge in [-0.1, -0.05) is 12.1 Å². The van der Waals surface area contributed by atoms with E-state index in [4.69, 9.17) is 4.74 Å². The summed E-state index contributed by atoms with van der Waals surface area (Å²) < 4.78 is 18.6. The lowest BCUT2D eigenvalue weighted by Gasteiger charge is -2.32. The maximum Gasteiger partial charge on any atom is 0.319 e. The number of hydrogen-bond acceptors (Lipinski definition) is 4. The summed E-state index contributed by atoms with van der Waals surface area (Å²) in [5.74, 6) is 0.204. The summed E-state index contributed by atoms with van der Waals surface area (Å²) in [6.45, 7) is 6.40. The third kappa shape index (κ3) is 5.92. The Bertz CT molecular complexity index is 774. The van der Waals surface area contributed by atoms with Crippen LogP contribution in [0, 0.1) is 5.82 Å². The maximum atomic E-state index is 13.0. The minimum absolute atomic E-state index is 0.0241. The molecule has 0 unspecified atom stereocenters. The first-order chi connectivity index (χ1) is 13.5. The number of carbonyl (C=O) groups excluding carboxylic acids is 1. The Morgan fingerprint density at radius 3 is 2.64 bits per heavy atom. The van der Waals surface area contributed by atoms with Crippen LogP contribution in [0.15, 0.2) is 42.6 Å². The number of urea groups is 1. The molecule has 1 saturated heterocycles. The summed E-state index contributed by atoms with van der Waals surface area (Å²) in [5, 5.41) is 5.86. The van der Waals surface area contributed by atoms with Gasteiger partial charge in [0.15, 0.2) is 0 Å². The van der Waals surface area contributed by atoms with Gasteiger partial charge in [0.25, 0.3) is 0 Å². The van der Waals surface area contributed by atoms with Crippen LogP contribution in [0.5, 0.6) is 5.88 Å². The van der Waals surface area contributed by atoms with E-state index in [-0.39, 0.29) is 24.0 Å². The number of nitrogens with one attached hydrogen (secondary N) is 2. The number of benzene rings is 1. The molecule has 2 N–H and O–H groups in total. The van der Waals surface area contributed by atoms with Crippen molar-refractivity contribution in [2.24, 2.45) is 0 Å². The SMILES string of the molecule is CC(C)Oc1ncccc1NC(=O)NC1CCN(Cc2ccc(F)cc2)CC1. The predicted molar refractivity (Wildman–Crippen MR) is 107 cm³/mol. The number of halogens is 1. The molecule has 0 saturated carbocycles. The molecule has 1 aliphatic rings. The Kier molecular flexibility index (Phi) is 6.81. The zero-order valence-electron chi connectivity index (χ0n) is 16.3. The van der Waals surface area contributed by atoms with Crippen molar-refractivity contribution in [1.82, 2.24) is 15.2 Å². The number of amides is 2. The van der Waals surface area contributed by atoms with Crippen molar-refractivity contribution in [3.8, 4) is 5.88 Å². The molecule has 1 aromatic carbocycles. The van der Waals surface area contributed by atoms with Crippen molar-refractivity contribution >= 4 is 11.7 Å². The van der Waals surface area contributed by atoms with Crippen LogP contribution >= 0.6 is 0 Å². The van der Waals surface area contributed by atoms with Crippen LogP contribution < -0.4 is 15.4 Å². The van der Waals surface area contributed by atoms with Crippen LogP contribution in [-0.4, -0.2) is 41.2 Å². The Hall–Kier alpha value is -2.67. The van der Waals surface area contributed by atoms with E-state index in [0.29, 0.717) is 11.6 Å². The number of nitrogens with zero attached hydrogens (tertiary/aromatic N) is 2. The number of hydrogen-bond donors (Lipinski definition) is 2. The van der Waals surface area contributed by atoms with Crippen LogP contribution in [0.1, 0.15) is 32.3 Å². The molecule has 7 heteroatoms. The Balaban J connectivity index is 1.46. The van der Waals surface area contributed by atoms with Gasteiger partial charge in [0.05, 0.1) is 6.10 Å². The van der Waals surface area contributed by atoms with Gasteiger partial charge in [-0.25, -0.2) is 14.2 Å². The highest BCUT2D eigenvalue weighted by atomic mass is 19.1. The van der Waals surface area contributed by atoms with Crippen molar-refractivity contribution in [1.29, 1.82) is 0 Å². The standard InChI is InChI=1S/C21H27FN4O2/c1-15(2)28-20-19(4-3-11-23-20)25-21(27)24-18-9-12-26(13-10-18)14-16-5-7-17(22)8-6-16/h3-8,11,15,18H,9-10,12-14H2,1-2H3,(H2,24,25,27). The number of piperidine rings is 1. The largest absolute Gasteiger partial charge is 0.473 e. The minimum atomic E-state index is -0.251. The zero-order chi connectivity index (χ0) is 19.9. The van der Waals surface area contributed by atoms with E-state index in [9.17, 15) is 9.18 Å². The van der Waals surface area contributed by atoms with Gasteiger partial charge in [0.1, 0.15) is 11.5 Å². The molecule has 2 amide bonds. The number of carbonyl (C=O) groups is 1. The highest BCUT2D eigenvalue weighted by Gasteiger charge is 2.21. The summed E-state index contributed by atoms with van der Waals surface area (Å²) in [6.07, 6.45) is 3.36. The molecule has 2 aromatic rings. The third-order valence-corrected chi connectivity index (χ3v) is 4.61. The van der Waals surface area contributed by atoms with Gasteiger partial charge in [0, 0.05) is 31.9 Å². The summed E-state index contributed by atoms with van der Waals surface area (Å²) >= 11 is 0. The predicted octanol–water partition coefficient (Wildman–Crippen LogP) is 3.79. The van der Waals surface area contributed by atoms with Crippen molar-refractivity contribution < 1.29 is 13.9 Å². The lowest BCUT2D eigenvalue weighted by Crippen LogP contribution is -2.45. The van der Waals surface area contributed by atoms with E-state index in [2.05, 4.69) is 20.5 Å². The zero-order valence-corrected chi connectivity index (χ0v) is 16.3. The van der Waals surface area contributed by atoms with E-state index in [1.165, 1.54) is 12.1 Å². The van der Waals surface area contributed by atoms with Gasteiger partial charge >= 0.3 is 6.03 Å². The van der Waals surface area contributed by atoms with Crippen LogP contribution in [0.25, 0.3) is 0 Å². The molecular formula is C21H27FN4O2. The lowest BCUT2D eigenvalue weighted by atomic mass is 10.0. The van der Waals surface area contributed by atoms with Gasteiger partial charge in [-0.05, 0) is 56.5 Å². The Labute approximate surface area is 165 Å². The second-order valence-electron chi connectivity index (χ2n) is 7.30. The second-order valence-corrected chi connectivity index (χ2v) is 7.30. The van der Waals surface area contributed by atoms with E-state index in [1.54, 1.807) is 18.3 Å². The van der Waals surface area contributed by atoms with Crippen molar-refractivity contribution in [2.75, 3.05) is 18.4 Å². The molecule has 28 heavy (non-hydrogen) atoms. The first-order valence-electron chi connectivity index (χ1n) is 9.65. The fourth-order valence-corrected chi connectivity index (χ4v) is 3.23. The maximum absolute atomic E-state index is 13.0. The molecule has 0 spiro atoms. The van der Waals surface area contributed by atoms with Crippen molar-refractivity contribution in [2.45, 2.75) is 45.4 Å². The smallest absolute Gasteiger partial charge is 0.319 e. The monoisotopic (exact) mass is 386 g/mol. The topological polar surface area (TPSA) is 66.5 Å². The van der Waals surface area contributed by atoms with E-state index in [0.717, 1.165) is 38.0 Å². The molecule has 150 valence electrons. The van der Waals surface area contributed by atoms with Crippen LogP contribution in [0.3, 0.4) is 0 Å². The van der Waals surface area contributed by atoms with Crippen LogP contribution in [0.4, 0.5) is 14.9 Å². The van der Waals surface area contributed by atoms with Gasteiger partial charge in [-0.2, -0.15) is 0 Å². The first-order valence-corrected chi connectivity index (χ1v) is 9.65. The molecular weight excluding hydrogens is 359 g/mol. The molecule has 1 fully saturated rings. The Morgan fingerprint density at radius 1 is 1.25 bits per heavy atom. The average Bonchev–Trinajstić information content (AvgIpc) is 2.66. The number of rotatable bonds is 6. The van der Waals surface area contributed by atoms with Crippen molar-refractivity contribution in [3.63, 3.8) is 0 Å². The second kappa shape index (κ2) is 9.50. The summed E-state index contributed by atoms with van der Waals surface area (Å²) in [7, 11) is 0. The molecule has 0 bridgehead atoms. The van der Waals surface area contributed by atoms with E-state index in [1.807, 2.05) is 26.0 Å². The molecule has 0 radical (unpaired) electrons. The van der Waals surface area contributed by atoms with E-state index >= 15 is 0 Å². The summed E-state index contributed by atoms with van der Waals surface area (Å²) in [5.41, 5.74) is 1.65. The number of anilines is 1. The molecule has 0 aliphatic carbocycles. The number of likely N-dealkylation sites (tertiary alicyclic amines) is 1. The number of ether oxygens (including phenoxy) is 1.